The van der Waals surface area contributed by atoms with Gasteiger partial charge in [-0.15, -0.1) is 0 Å². The van der Waals surface area contributed by atoms with Crippen LogP contribution in [0.3, 0.4) is 0 Å². The average Bonchev–Trinajstić information content (AvgIpc) is 2.47. The van der Waals surface area contributed by atoms with Gasteiger partial charge in [0, 0.05) is 34.1 Å². The summed E-state index contributed by atoms with van der Waals surface area (Å²) in [5, 5.41) is 4.44. The van der Waals surface area contributed by atoms with Crippen molar-refractivity contribution in [1.29, 1.82) is 0 Å². The van der Waals surface area contributed by atoms with Crippen molar-refractivity contribution in [3.05, 3.63) is 45.3 Å². The minimum atomic E-state index is 0.0292. The monoisotopic (exact) mass is 290 g/mol. The summed E-state index contributed by atoms with van der Waals surface area (Å²) in [6.07, 6.45) is 2.81. The summed E-state index contributed by atoms with van der Waals surface area (Å²) in [6, 6.07) is 7.28. The first kappa shape index (κ1) is 13.3. The van der Waals surface area contributed by atoms with Crippen molar-refractivity contribution in [1.82, 2.24) is 4.90 Å². The summed E-state index contributed by atoms with van der Waals surface area (Å²) in [7, 11) is 0. The summed E-state index contributed by atoms with van der Waals surface area (Å²) in [4.78, 5) is 17.4. The molecule has 3 atom stereocenters. The molecule has 1 saturated carbocycles. The Labute approximate surface area is 122 Å². The second-order valence-electron chi connectivity index (χ2n) is 5.47. The first-order valence-corrected chi connectivity index (χ1v) is 7.17. The highest BCUT2D eigenvalue weighted by atomic mass is 35.5. The normalized spacial score (nSPS) is 28.1. The summed E-state index contributed by atoms with van der Waals surface area (Å²) >= 11 is 5.95. The number of halogens is 1. The molecular weight excluding hydrogens is 276 g/mol. The van der Waals surface area contributed by atoms with Crippen LogP contribution < -0.4 is 0 Å². The van der Waals surface area contributed by atoms with Crippen LogP contribution in [0, 0.1) is 5.92 Å². The molecule has 3 fully saturated rings. The topological polar surface area (TPSA) is 69.1 Å². The molecule has 0 spiro atoms. The molecule has 1 amide bonds. The maximum atomic E-state index is 12.6. The highest BCUT2D eigenvalue weighted by Gasteiger charge is 2.42. The summed E-state index contributed by atoms with van der Waals surface area (Å²) in [6.45, 7) is 0.680. The van der Waals surface area contributed by atoms with Crippen LogP contribution in [0.15, 0.2) is 29.4 Å². The Bertz CT molecular complexity index is 584. The molecule has 2 bridgehead atoms. The minimum Gasteiger partial charge on any atom is -0.335 e. The predicted octanol–water partition coefficient (Wildman–Crippen LogP) is 3.64. The molecule has 1 aliphatic carbocycles. The number of azide groups is 1. The van der Waals surface area contributed by atoms with Crippen molar-refractivity contribution < 1.29 is 4.79 Å². The quantitative estimate of drug-likeness (QED) is 0.466. The molecule has 0 radical (unpaired) electrons. The second kappa shape index (κ2) is 5.35. The van der Waals surface area contributed by atoms with Crippen LogP contribution in [0.1, 0.15) is 29.6 Å². The Balaban J connectivity index is 1.80. The lowest BCUT2D eigenvalue weighted by Crippen LogP contribution is -2.55. The third-order valence-electron chi connectivity index (χ3n) is 4.33. The minimum absolute atomic E-state index is 0.0292. The fourth-order valence-electron chi connectivity index (χ4n) is 3.33. The summed E-state index contributed by atoms with van der Waals surface area (Å²) < 4.78 is 0. The van der Waals surface area contributed by atoms with E-state index in [4.69, 9.17) is 17.1 Å². The molecule has 1 aromatic carbocycles. The number of hydrogen-bond acceptors (Lipinski definition) is 2. The van der Waals surface area contributed by atoms with Crippen LogP contribution in [-0.2, 0) is 0 Å². The molecule has 0 N–H and O–H groups in total. The zero-order valence-electron chi connectivity index (χ0n) is 10.9. The number of nitrogens with zero attached hydrogens (tertiary/aromatic N) is 4. The van der Waals surface area contributed by atoms with E-state index < -0.39 is 0 Å². The second-order valence-corrected chi connectivity index (χ2v) is 5.90. The number of benzene rings is 1. The van der Waals surface area contributed by atoms with Gasteiger partial charge in [-0.05, 0) is 48.9 Å². The first-order valence-electron chi connectivity index (χ1n) is 6.80. The van der Waals surface area contributed by atoms with E-state index in [1.165, 1.54) is 0 Å². The molecule has 104 valence electrons. The fraction of sp³-hybridized carbons (Fsp3) is 0.500. The van der Waals surface area contributed by atoms with Crippen molar-refractivity contribution in [3.8, 4) is 0 Å². The van der Waals surface area contributed by atoms with Gasteiger partial charge in [-0.3, -0.25) is 4.79 Å². The van der Waals surface area contributed by atoms with Crippen LogP contribution in [0.4, 0.5) is 0 Å². The maximum Gasteiger partial charge on any atom is 0.254 e. The molecule has 1 aromatic rings. The molecular formula is C14H15ClN4O. The molecule has 2 heterocycles. The lowest BCUT2D eigenvalue weighted by molar-refractivity contribution is 0.0262. The lowest BCUT2D eigenvalue weighted by atomic mass is 9.76. The van der Waals surface area contributed by atoms with Gasteiger partial charge in [-0.2, -0.15) is 0 Å². The van der Waals surface area contributed by atoms with Gasteiger partial charge in [0.15, 0.2) is 0 Å². The Morgan fingerprint density at radius 3 is 2.95 bits per heavy atom. The summed E-state index contributed by atoms with van der Waals surface area (Å²) in [5.74, 6) is 0.320. The first-order chi connectivity index (χ1) is 9.69. The largest absolute Gasteiger partial charge is 0.335 e. The van der Waals surface area contributed by atoms with Gasteiger partial charge in [0.2, 0.25) is 0 Å². The number of hydrogen-bond donors (Lipinski definition) is 0. The summed E-state index contributed by atoms with van der Waals surface area (Å²) in [5.41, 5.74) is 9.22. The van der Waals surface area contributed by atoms with Crippen molar-refractivity contribution >= 4 is 17.5 Å². The van der Waals surface area contributed by atoms with Crippen LogP contribution in [0.25, 0.3) is 10.4 Å². The van der Waals surface area contributed by atoms with Crippen molar-refractivity contribution in [2.75, 3.05) is 6.54 Å². The molecule has 20 heavy (non-hydrogen) atoms. The predicted molar refractivity (Wildman–Crippen MR) is 76.6 cm³/mol. The van der Waals surface area contributed by atoms with Crippen LogP contribution in [-0.4, -0.2) is 29.4 Å². The molecule has 4 rings (SSSR count). The average molecular weight is 291 g/mol. The van der Waals surface area contributed by atoms with E-state index in [1.54, 1.807) is 24.3 Å². The zero-order chi connectivity index (χ0) is 14.1. The number of amides is 1. The van der Waals surface area contributed by atoms with Crippen LogP contribution in [0.2, 0.25) is 5.02 Å². The van der Waals surface area contributed by atoms with E-state index in [0.717, 1.165) is 19.3 Å². The standard InChI is InChI=1S/C14H15ClN4O/c15-11-3-1-2-9(6-11)14(20)19-8-10-4-5-12(19)7-13(10)17-18-16/h1-3,6,10,12-13H,4-5,7-8H2. The smallest absolute Gasteiger partial charge is 0.254 e. The zero-order valence-corrected chi connectivity index (χ0v) is 11.7. The Hall–Kier alpha value is -1.71. The maximum absolute atomic E-state index is 12.6. The van der Waals surface area contributed by atoms with Gasteiger partial charge < -0.3 is 4.90 Å². The van der Waals surface area contributed by atoms with Crippen LogP contribution in [0.5, 0.6) is 0 Å². The molecule has 2 saturated heterocycles. The molecule has 0 aromatic heterocycles. The fourth-order valence-corrected chi connectivity index (χ4v) is 3.52. The molecule has 6 heteroatoms. The van der Waals surface area contributed by atoms with E-state index in [-0.39, 0.29) is 18.0 Å². The Kier molecular flexibility index (Phi) is 3.55. The van der Waals surface area contributed by atoms with Gasteiger partial charge in [0.25, 0.3) is 5.91 Å². The third-order valence-corrected chi connectivity index (χ3v) is 4.57. The van der Waals surface area contributed by atoms with E-state index in [1.807, 2.05) is 4.90 Å². The van der Waals surface area contributed by atoms with Crippen LogP contribution >= 0.6 is 11.6 Å². The highest BCUT2D eigenvalue weighted by Crippen LogP contribution is 2.37. The van der Waals surface area contributed by atoms with E-state index in [0.29, 0.717) is 23.0 Å². The van der Waals surface area contributed by atoms with E-state index in [2.05, 4.69) is 10.0 Å². The van der Waals surface area contributed by atoms with Crippen molar-refractivity contribution in [2.24, 2.45) is 11.0 Å². The van der Waals surface area contributed by atoms with Gasteiger partial charge in [-0.1, -0.05) is 22.8 Å². The Morgan fingerprint density at radius 1 is 1.45 bits per heavy atom. The Morgan fingerprint density at radius 2 is 2.30 bits per heavy atom. The van der Waals surface area contributed by atoms with Crippen molar-refractivity contribution in [2.45, 2.75) is 31.3 Å². The highest BCUT2D eigenvalue weighted by molar-refractivity contribution is 6.30. The van der Waals surface area contributed by atoms with Gasteiger partial charge >= 0.3 is 0 Å². The van der Waals surface area contributed by atoms with Gasteiger partial charge in [0.1, 0.15) is 0 Å². The lowest BCUT2D eigenvalue weighted by Gasteiger charge is -2.48. The number of fused-ring (bicyclic) bond motifs is 3. The van der Waals surface area contributed by atoms with E-state index in [9.17, 15) is 4.79 Å². The molecule has 3 aliphatic rings. The molecule has 2 aliphatic heterocycles. The molecule has 5 nitrogen and oxygen atoms in total. The van der Waals surface area contributed by atoms with Gasteiger partial charge in [-0.25, -0.2) is 0 Å². The SMILES string of the molecule is [N-]=[N+]=NC1CC2CCC1CN2C(=O)c1cccc(Cl)c1. The number of carbonyl (C=O) groups is 1. The van der Waals surface area contributed by atoms with E-state index >= 15 is 0 Å². The van der Waals surface area contributed by atoms with Crippen molar-refractivity contribution in [3.63, 3.8) is 0 Å². The third kappa shape index (κ3) is 2.35. The number of rotatable bonds is 2. The molecule has 3 unspecified atom stereocenters. The number of carbonyl (C=O) groups excluding carboxylic acids is 1. The number of piperidine rings is 2. The van der Waals surface area contributed by atoms with Gasteiger partial charge in [0.05, 0.1) is 0 Å².